The molecule has 10 nitrogen and oxygen atoms in total. The number of piperidine rings is 1. The van der Waals surface area contributed by atoms with Gasteiger partial charge in [0.25, 0.3) is 0 Å². The van der Waals surface area contributed by atoms with Crippen LogP contribution in [0.4, 0.5) is 10.7 Å². The average molecular weight is 598 g/mol. The number of nitrogens with zero attached hydrogens (tertiary/aromatic N) is 4. The van der Waals surface area contributed by atoms with Gasteiger partial charge in [-0.3, -0.25) is 4.79 Å². The number of nitrogens with one attached hydrogen (secondary N) is 1. The molecule has 1 aliphatic heterocycles. The molecule has 0 radical (unpaired) electrons. The second-order valence-corrected chi connectivity index (χ2v) is 11.8. The van der Waals surface area contributed by atoms with Crippen molar-refractivity contribution in [1.29, 1.82) is 0 Å². The van der Waals surface area contributed by atoms with Gasteiger partial charge in [-0.1, -0.05) is 30.3 Å². The number of likely N-dealkylation sites (tertiary alicyclic amines) is 1. The Morgan fingerprint density at radius 1 is 1.02 bits per heavy atom. The first kappa shape index (κ1) is 30.7. The number of carbonyl (C=O) groups excluding carboxylic acids is 2. The highest BCUT2D eigenvalue weighted by molar-refractivity contribution is 5.94. The molecule has 1 N–H and O–H groups in total. The topological polar surface area (TPSA) is 116 Å². The largest absolute Gasteiger partial charge is 0.466 e. The molecule has 230 valence electrons. The van der Waals surface area contributed by atoms with Crippen LogP contribution in [0.3, 0.4) is 0 Å². The number of hydrogen-bond acceptors (Lipinski definition) is 9. The number of benzene rings is 2. The second-order valence-electron chi connectivity index (χ2n) is 11.8. The number of amides is 1. The Kier molecular flexibility index (Phi) is 9.27. The zero-order valence-corrected chi connectivity index (χ0v) is 25.9. The molecular formula is C34H39N5O5. The first-order chi connectivity index (χ1) is 21.1. The fourth-order valence-electron chi connectivity index (χ4n) is 5.27. The number of ether oxygens (including phenoxy) is 3. The number of esters is 1. The molecule has 0 unspecified atom stereocenters. The van der Waals surface area contributed by atoms with Gasteiger partial charge >= 0.3 is 12.1 Å². The summed E-state index contributed by atoms with van der Waals surface area (Å²) < 4.78 is 17.3. The van der Waals surface area contributed by atoms with Gasteiger partial charge in [-0.15, -0.1) is 0 Å². The van der Waals surface area contributed by atoms with Crippen molar-refractivity contribution in [2.45, 2.75) is 65.5 Å². The number of pyridine rings is 1. The summed E-state index contributed by atoms with van der Waals surface area (Å²) >= 11 is 0. The number of carbonyl (C=O) groups is 2. The Morgan fingerprint density at radius 3 is 2.66 bits per heavy atom. The number of fused-ring (bicyclic) bond motifs is 1. The summed E-state index contributed by atoms with van der Waals surface area (Å²) in [4.78, 5) is 40.4. The molecular weight excluding hydrogens is 558 g/mol. The van der Waals surface area contributed by atoms with Crippen LogP contribution >= 0.6 is 0 Å². The number of anilines is 1. The van der Waals surface area contributed by atoms with Crippen molar-refractivity contribution in [2.75, 3.05) is 25.0 Å². The van der Waals surface area contributed by atoms with Gasteiger partial charge in [0.05, 0.1) is 24.3 Å². The van der Waals surface area contributed by atoms with Crippen molar-refractivity contribution in [3.63, 3.8) is 0 Å². The zero-order chi connectivity index (χ0) is 31.3. The number of aromatic nitrogens is 3. The molecule has 1 atom stereocenters. The lowest BCUT2D eigenvalue weighted by Gasteiger charge is -2.34. The fourth-order valence-corrected chi connectivity index (χ4v) is 5.27. The Bertz CT molecular complexity index is 1650. The SMILES string of the molecule is CCOC(=O)Cc1cccc2c(Oc3ncccc3-c3ccnc(N[C@H]4CCCN(C(=O)OC(C)(C)C)C4)n3)c(C)ccc12. The third-order valence-electron chi connectivity index (χ3n) is 7.25. The van der Waals surface area contributed by atoms with Crippen molar-refractivity contribution >= 4 is 28.8 Å². The highest BCUT2D eigenvalue weighted by Crippen LogP contribution is 2.37. The van der Waals surface area contributed by atoms with E-state index < -0.39 is 5.60 Å². The smallest absolute Gasteiger partial charge is 0.410 e. The molecule has 1 fully saturated rings. The first-order valence-electron chi connectivity index (χ1n) is 15.0. The van der Waals surface area contributed by atoms with E-state index in [9.17, 15) is 9.59 Å². The van der Waals surface area contributed by atoms with Gasteiger partial charge in [0, 0.05) is 36.9 Å². The average Bonchev–Trinajstić information content (AvgIpc) is 2.98. The molecule has 1 saturated heterocycles. The Morgan fingerprint density at radius 2 is 1.86 bits per heavy atom. The summed E-state index contributed by atoms with van der Waals surface area (Å²) in [5.41, 5.74) is 2.60. The van der Waals surface area contributed by atoms with Crippen molar-refractivity contribution in [2.24, 2.45) is 0 Å². The highest BCUT2D eigenvalue weighted by Gasteiger charge is 2.28. The minimum absolute atomic E-state index is 0.0155. The Labute approximate surface area is 257 Å². The van der Waals surface area contributed by atoms with Crippen LogP contribution in [0.2, 0.25) is 0 Å². The molecule has 0 bridgehead atoms. The normalized spacial score (nSPS) is 15.1. The molecule has 44 heavy (non-hydrogen) atoms. The van der Waals surface area contributed by atoms with E-state index in [1.54, 1.807) is 24.2 Å². The lowest BCUT2D eigenvalue weighted by Crippen LogP contribution is -2.47. The van der Waals surface area contributed by atoms with Crippen LogP contribution in [0.15, 0.2) is 60.9 Å². The lowest BCUT2D eigenvalue weighted by molar-refractivity contribution is -0.142. The predicted octanol–water partition coefficient (Wildman–Crippen LogP) is 6.71. The van der Waals surface area contributed by atoms with Crippen LogP contribution < -0.4 is 10.1 Å². The maximum atomic E-state index is 12.6. The summed E-state index contributed by atoms with van der Waals surface area (Å²) in [5.74, 6) is 1.25. The molecule has 3 heterocycles. The van der Waals surface area contributed by atoms with Crippen LogP contribution in [-0.4, -0.2) is 63.3 Å². The molecule has 5 rings (SSSR count). The maximum absolute atomic E-state index is 12.6. The highest BCUT2D eigenvalue weighted by atomic mass is 16.6. The summed E-state index contributed by atoms with van der Waals surface area (Å²) in [6, 6.07) is 15.4. The molecule has 1 amide bonds. The minimum Gasteiger partial charge on any atom is -0.466 e. The van der Waals surface area contributed by atoms with E-state index in [0.29, 0.717) is 48.5 Å². The van der Waals surface area contributed by atoms with Gasteiger partial charge in [0.15, 0.2) is 0 Å². The summed E-state index contributed by atoms with van der Waals surface area (Å²) in [7, 11) is 0. The standard InChI is InChI=1S/C34H39N5O5/c1-6-42-29(40)20-23-10-7-12-26-25(23)15-14-22(2)30(26)43-31-27(13-8-17-35-31)28-16-18-36-32(38-28)37-24-11-9-19-39(21-24)33(41)44-34(3,4)5/h7-8,10,12-18,24H,6,9,11,19-21H2,1-5H3,(H,36,37,38)/t24-/m0/s1. The minimum atomic E-state index is -0.548. The summed E-state index contributed by atoms with van der Waals surface area (Å²) in [6.45, 7) is 10.9. The van der Waals surface area contributed by atoms with Crippen molar-refractivity contribution in [3.05, 3.63) is 72.1 Å². The Hall–Kier alpha value is -4.73. The van der Waals surface area contributed by atoms with Gasteiger partial charge in [0.1, 0.15) is 11.4 Å². The van der Waals surface area contributed by atoms with Crippen LogP contribution in [-0.2, 0) is 20.7 Å². The van der Waals surface area contributed by atoms with Crippen LogP contribution in [0.1, 0.15) is 51.7 Å². The molecule has 0 aliphatic carbocycles. The monoisotopic (exact) mass is 597 g/mol. The van der Waals surface area contributed by atoms with Gasteiger partial charge in [-0.2, -0.15) is 0 Å². The van der Waals surface area contributed by atoms with Gasteiger partial charge in [-0.25, -0.2) is 19.7 Å². The molecule has 2 aromatic heterocycles. The molecule has 1 aliphatic rings. The Balaban J connectivity index is 1.38. The quantitative estimate of drug-likeness (QED) is 0.221. The van der Waals surface area contributed by atoms with E-state index >= 15 is 0 Å². The number of rotatable bonds is 8. The van der Waals surface area contributed by atoms with Gasteiger partial charge in [0.2, 0.25) is 11.8 Å². The molecule has 4 aromatic rings. The van der Waals surface area contributed by atoms with E-state index in [1.807, 2.05) is 76.2 Å². The van der Waals surface area contributed by atoms with E-state index in [2.05, 4.69) is 15.3 Å². The molecule has 10 heteroatoms. The van der Waals surface area contributed by atoms with Gasteiger partial charge in [-0.05, 0) is 82.2 Å². The maximum Gasteiger partial charge on any atom is 0.410 e. The van der Waals surface area contributed by atoms with Crippen LogP contribution in [0.5, 0.6) is 11.6 Å². The second kappa shape index (κ2) is 13.3. The van der Waals surface area contributed by atoms with E-state index in [1.165, 1.54) is 0 Å². The zero-order valence-electron chi connectivity index (χ0n) is 25.9. The molecule has 0 spiro atoms. The van der Waals surface area contributed by atoms with E-state index in [-0.39, 0.29) is 24.5 Å². The predicted molar refractivity (Wildman–Crippen MR) is 169 cm³/mol. The van der Waals surface area contributed by atoms with E-state index in [4.69, 9.17) is 19.2 Å². The number of hydrogen-bond donors (Lipinski definition) is 1. The lowest BCUT2D eigenvalue weighted by atomic mass is 9.99. The third-order valence-corrected chi connectivity index (χ3v) is 7.25. The van der Waals surface area contributed by atoms with Gasteiger partial charge < -0.3 is 24.4 Å². The third kappa shape index (κ3) is 7.42. The van der Waals surface area contributed by atoms with Crippen molar-refractivity contribution < 1.29 is 23.8 Å². The molecule has 0 saturated carbocycles. The van der Waals surface area contributed by atoms with E-state index in [0.717, 1.165) is 34.7 Å². The van der Waals surface area contributed by atoms with Crippen LogP contribution in [0.25, 0.3) is 22.0 Å². The van der Waals surface area contributed by atoms with Crippen molar-refractivity contribution in [3.8, 4) is 22.9 Å². The number of aryl methyl sites for hydroxylation is 1. The summed E-state index contributed by atoms with van der Waals surface area (Å²) in [6.07, 6.45) is 4.97. The summed E-state index contributed by atoms with van der Waals surface area (Å²) in [5, 5.41) is 5.19. The van der Waals surface area contributed by atoms with Crippen LogP contribution in [0, 0.1) is 6.92 Å². The first-order valence-corrected chi connectivity index (χ1v) is 15.0. The van der Waals surface area contributed by atoms with Crippen molar-refractivity contribution in [1.82, 2.24) is 19.9 Å². The molecule has 2 aromatic carbocycles. The fraction of sp³-hybridized carbons (Fsp3) is 0.382.